The van der Waals surface area contributed by atoms with Crippen molar-refractivity contribution in [2.24, 2.45) is 0 Å². The number of hydrogen-bond donors (Lipinski definition) is 1. The largest absolute Gasteiger partial charge is 0.481 e. The number of amides is 1. The molecule has 1 N–H and O–H groups in total. The first kappa shape index (κ1) is 17.5. The van der Waals surface area contributed by atoms with Gasteiger partial charge in [0.1, 0.15) is 0 Å². The molecular weight excluding hydrogens is 334 g/mol. The van der Waals surface area contributed by atoms with Gasteiger partial charge in [-0.15, -0.1) is 5.10 Å². The van der Waals surface area contributed by atoms with Crippen molar-refractivity contribution in [3.63, 3.8) is 0 Å². The molecule has 1 amide bonds. The van der Waals surface area contributed by atoms with E-state index in [9.17, 15) is 9.59 Å². The van der Waals surface area contributed by atoms with Gasteiger partial charge >= 0.3 is 5.97 Å². The Kier molecular flexibility index (Phi) is 4.92. The van der Waals surface area contributed by atoms with Gasteiger partial charge in [-0.3, -0.25) is 14.6 Å². The van der Waals surface area contributed by atoms with Crippen molar-refractivity contribution < 1.29 is 14.7 Å². The second-order valence-corrected chi connectivity index (χ2v) is 5.84. The number of aromatic nitrogens is 4. The van der Waals surface area contributed by atoms with Crippen LogP contribution in [0.4, 0.5) is 0 Å². The van der Waals surface area contributed by atoms with Gasteiger partial charge < -0.3 is 10.0 Å². The van der Waals surface area contributed by atoms with Crippen molar-refractivity contribution in [1.29, 1.82) is 0 Å². The highest BCUT2D eigenvalue weighted by Crippen LogP contribution is 2.19. The fraction of sp³-hybridized carbons (Fsp3) is 0.278. The molecule has 0 aliphatic carbocycles. The van der Waals surface area contributed by atoms with Crippen LogP contribution >= 0.6 is 0 Å². The third kappa shape index (κ3) is 3.39. The summed E-state index contributed by atoms with van der Waals surface area (Å²) in [5.41, 5.74) is 2.48. The number of benzene rings is 1. The number of carboxylic acid groups (broad SMARTS) is 1. The number of hydrogen-bond acceptors (Lipinski definition) is 5. The summed E-state index contributed by atoms with van der Waals surface area (Å²) in [6, 6.07) is 9.50. The lowest BCUT2D eigenvalue weighted by atomic mass is 10.2. The van der Waals surface area contributed by atoms with Gasteiger partial charge in [0, 0.05) is 24.7 Å². The Balaban J connectivity index is 1.90. The van der Waals surface area contributed by atoms with E-state index in [1.807, 2.05) is 30.3 Å². The SMILES string of the molecule is CCN(CCC(=O)O)C(=O)c1nnn(-c2ccc3ncccc3c2)c1C. The molecule has 0 atom stereocenters. The van der Waals surface area contributed by atoms with E-state index < -0.39 is 5.97 Å². The molecule has 8 heteroatoms. The average Bonchev–Trinajstić information content (AvgIpc) is 3.02. The van der Waals surface area contributed by atoms with Crippen LogP contribution in [0.15, 0.2) is 36.5 Å². The molecule has 134 valence electrons. The van der Waals surface area contributed by atoms with Crippen LogP contribution in [-0.4, -0.2) is 55.0 Å². The Hall–Kier alpha value is -3.29. The van der Waals surface area contributed by atoms with Gasteiger partial charge in [-0.05, 0) is 38.1 Å². The van der Waals surface area contributed by atoms with Gasteiger partial charge in [0.2, 0.25) is 0 Å². The molecule has 0 aliphatic heterocycles. The Morgan fingerprint density at radius 3 is 2.81 bits per heavy atom. The summed E-state index contributed by atoms with van der Waals surface area (Å²) in [6.07, 6.45) is 1.63. The quantitative estimate of drug-likeness (QED) is 0.728. The van der Waals surface area contributed by atoms with E-state index in [0.717, 1.165) is 16.6 Å². The van der Waals surface area contributed by atoms with Crippen LogP contribution in [0.3, 0.4) is 0 Å². The molecular formula is C18H19N5O3. The summed E-state index contributed by atoms with van der Waals surface area (Å²) in [5.74, 6) is -1.26. The van der Waals surface area contributed by atoms with E-state index in [1.54, 1.807) is 24.7 Å². The number of fused-ring (bicyclic) bond motifs is 1. The lowest BCUT2D eigenvalue weighted by Crippen LogP contribution is -2.33. The highest BCUT2D eigenvalue weighted by molar-refractivity contribution is 5.93. The molecule has 0 spiro atoms. The van der Waals surface area contributed by atoms with Gasteiger partial charge in [-0.1, -0.05) is 11.3 Å². The van der Waals surface area contributed by atoms with E-state index in [1.165, 1.54) is 4.90 Å². The minimum absolute atomic E-state index is 0.107. The molecule has 0 aliphatic rings. The molecule has 0 saturated heterocycles. The topological polar surface area (TPSA) is 101 Å². The zero-order valence-corrected chi connectivity index (χ0v) is 14.6. The summed E-state index contributed by atoms with van der Waals surface area (Å²) in [6.45, 7) is 4.11. The second-order valence-electron chi connectivity index (χ2n) is 5.84. The fourth-order valence-electron chi connectivity index (χ4n) is 2.75. The average molecular weight is 353 g/mol. The molecule has 0 saturated carbocycles. The second kappa shape index (κ2) is 7.30. The van der Waals surface area contributed by atoms with Gasteiger partial charge in [0.15, 0.2) is 5.69 Å². The van der Waals surface area contributed by atoms with Gasteiger partial charge in [-0.2, -0.15) is 0 Å². The van der Waals surface area contributed by atoms with Crippen LogP contribution in [0.5, 0.6) is 0 Å². The van der Waals surface area contributed by atoms with Crippen LogP contribution in [0.1, 0.15) is 29.5 Å². The number of rotatable bonds is 6. The van der Waals surface area contributed by atoms with Crippen molar-refractivity contribution in [3.05, 3.63) is 47.9 Å². The van der Waals surface area contributed by atoms with Crippen LogP contribution in [0.25, 0.3) is 16.6 Å². The lowest BCUT2D eigenvalue weighted by Gasteiger charge is -2.18. The maximum Gasteiger partial charge on any atom is 0.305 e. The maximum absolute atomic E-state index is 12.7. The summed E-state index contributed by atoms with van der Waals surface area (Å²) >= 11 is 0. The van der Waals surface area contributed by atoms with Gasteiger partial charge in [0.05, 0.1) is 23.3 Å². The van der Waals surface area contributed by atoms with E-state index in [2.05, 4.69) is 15.3 Å². The van der Waals surface area contributed by atoms with Crippen LogP contribution in [0, 0.1) is 6.92 Å². The molecule has 0 radical (unpaired) electrons. The zero-order chi connectivity index (χ0) is 18.7. The number of nitrogens with zero attached hydrogens (tertiary/aromatic N) is 5. The Morgan fingerprint density at radius 1 is 1.27 bits per heavy atom. The molecule has 0 bridgehead atoms. The molecule has 1 aromatic carbocycles. The minimum Gasteiger partial charge on any atom is -0.481 e. The Morgan fingerprint density at radius 2 is 2.08 bits per heavy atom. The van der Waals surface area contributed by atoms with E-state index in [0.29, 0.717) is 12.2 Å². The normalized spacial score (nSPS) is 10.8. The van der Waals surface area contributed by atoms with Crippen LogP contribution in [-0.2, 0) is 4.79 Å². The molecule has 0 unspecified atom stereocenters. The lowest BCUT2D eigenvalue weighted by molar-refractivity contribution is -0.137. The molecule has 0 fully saturated rings. The maximum atomic E-state index is 12.7. The van der Waals surface area contributed by atoms with E-state index >= 15 is 0 Å². The monoisotopic (exact) mass is 353 g/mol. The number of carbonyl (C=O) groups excluding carboxylic acids is 1. The van der Waals surface area contributed by atoms with Crippen molar-refractivity contribution in [2.75, 3.05) is 13.1 Å². The first-order valence-electron chi connectivity index (χ1n) is 8.29. The fourth-order valence-corrected chi connectivity index (χ4v) is 2.75. The minimum atomic E-state index is -0.943. The van der Waals surface area contributed by atoms with Crippen molar-refractivity contribution in [1.82, 2.24) is 24.9 Å². The highest BCUT2D eigenvalue weighted by Gasteiger charge is 2.22. The third-order valence-electron chi connectivity index (χ3n) is 4.19. The van der Waals surface area contributed by atoms with Gasteiger partial charge in [-0.25, -0.2) is 4.68 Å². The molecule has 2 heterocycles. The van der Waals surface area contributed by atoms with Crippen molar-refractivity contribution in [2.45, 2.75) is 20.3 Å². The molecule has 3 rings (SSSR count). The van der Waals surface area contributed by atoms with Crippen LogP contribution in [0.2, 0.25) is 0 Å². The third-order valence-corrected chi connectivity index (χ3v) is 4.19. The Bertz CT molecular complexity index is 966. The summed E-state index contributed by atoms with van der Waals surface area (Å²) in [7, 11) is 0. The molecule has 2 aromatic heterocycles. The smallest absolute Gasteiger partial charge is 0.305 e. The number of pyridine rings is 1. The summed E-state index contributed by atoms with van der Waals surface area (Å²) in [4.78, 5) is 29.2. The number of carboxylic acids is 1. The van der Waals surface area contributed by atoms with Crippen molar-refractivity contribution >= 4 is 22.8 Å². The predicted molar refractivity (Wildman–Crippen MR) is 95.2 cm³/mol. The van der Waals surface area contributed by atoms with Crippen LogP contribution < -0.4 is 0 Å². The zero-order valence-electron chi connectivity index (χ0n) is 14.6. The Labute approximate surface area is 150 Å². The number of carbonyl (C=O) groups is 2. The predicted octanol–water partition coefficient (Wildman–Crippen LogP) is 2.06. The molecule has 26 heavy (non-hydrogen) atoms. The number of aliphatic carboxylic acids is 1. The molecule has 3 aromatic rings. The summed E-state index contributed by atoms with van der Waals surface area (Å²) < 4.78 is 1.60. The first-order chi connectivity index (χ1) is 12.5. The standard InChI is InChI=1S/C18H19N5O3/c1-3-22(10-8-16(24)25)18(26)17-12(2)23(21-20-17)14-6-7-15-13(11-14)5-4-9-19-15/h4-7,9,11H,3,8,10H2,1-2H3,(H,24,25). The first-order valence-corrected chi connectivity index (χ1v) is 8.29. The van der Waals surface area contributed by atoms with Crippen molar-refractivity contribution in [3.8, 4) is 5.69 Å². The summed E-state index contributed by atoms with van der Waals surface area (Å²) in [5, 5.41) is 17.9. The molecule has 8 nitrogen and oxygen atoms in total. The highest BCUT2D eigenvalue weighted by atomic mass is 16.4. The van der Waals surface area contributed by atoms with Gasteiger partial charge in [0.25, 0.3) is 5.91 Å². The van der Waals surface area contributed by atoms with E-state index in [-0.39, 0.29) is 24.6 Å². The van der Waals surface area contributed by atoms with E-state index in [4.69, 9.17) is 5.11 Å².